The minimum absolute atomic E-state index is 0.178. The maximum Gasteiger partial charge on any atom is 0.338 e. The molecule has 44 heavy (non-hydrogen) atoms. The van der Waals surface area contributed by atoms with Crippen molar-refractivity contribution in [3.05, 3.63) is 119 Å². The van der Waals surface area contributed by atoms with Gasteiger partial charge in [-0.2, -0.15) is 0 Å². The van der Waals surface area contributed by atoms with Crippen LogP contribution in [0.4, 0.5) is 11.4 Å². The first-order chi connectivity index (χ1) is 21.4. The predicted octanol–water partition coefficient (Wildman–Crippen LogP) is 4.90. The summed E-state index contributed by atoms with van der Waals surface area (Å²) < 4.78 is 15.7. The molecule has 1 fully saturated rings. The average molecular weight is 589 g/mol. The fourth-order valence-electron chi connectivity index (χ4n) is 6.99. The number of rotatable bonds is 7. The first kappa shape index (κ1) is 27.4. The van der Waals surface area contributed by atoms with Gasteiger partial charge in [0.25, 0.3) is 5.91 Å². The van der Waals surface area contributed by atoms with Crippen LogP contribution < -0.4 is 19.7 Å². The topological polar surface area (TPSA) is 111 Å². The molecular formula is C35H28N2O7. The van der Waals surface area contributed by atoms with E-state index in [2.05, 4.69) is 29.6 Å². The SMILES string of the molecule is COc1ccc(OC)c(NC(=O)COC(=O)c2ccc(N3C(=O)[C@@H]4C5c6ccccc6C(c6ccccc65)[C@@H]4C3=O)cc2)c1. The van der Waals surface area contributed by atoms with Crippen molar-refractivity contribution in [1.29, 1.82) is 0 Å². The number of hydrogen-bond acceptors (Lipinski definition) is 7. The summed E-state index contributed by atoms with van der Waals surface area (Å²) in [5.74, 6) is -2.20. The highest BCUT2D eigenvalue weighted by Crippen LogP contribution is 2.61. The van der Waals surface area contributed by atoms with E-state index in [-0.39, 0.29) is 29.2 Å². The van der Waals surface area contributed by atoms with Crippen LogP contribution in [0.3, 0.4) is 0 Å². The van der Waals surface area contributed by atoms with Crippen molar-refractivity contribution in [2.75, 3.05) is 31.0 Å². The van der Waals surface area contributed by atoms with Gasteiger partial charge in [0.15, 0.2) is 6.61 Å². The molecule has 9 heteroatoms. The van der Waals surface area contributed by atoms with Crippen LogP contribution >= 0.6 is 0 Å². The second-order valence-corrected chi connectivity index (χ2v) is 11.0. The van der Waals surface area contributed by atoms with Crippen LogP contribution in [-0.4, -0.2) is 44.5 Å². The Bertz CT molecular complexity index is 1720. The third-order valence-electron chi connectivity index (χ3n) is 8.82. The molecule has 1 aliphatic heterocycles. The Labute approximate surface area is 253 Å². The van der Waals surface area contributed by atoms with E-state index >= 15 is 0 Å². The lowest BCUT2D eigenvalue weighted by atomic mass is 9.55. The number of carbonyl (C=O) groups is 4. The van der Waals surface area contributed by atoms with E-state index in [9.17, 15) is 19.2 Å². The summed E-state index contributed by atoms with van der Waals surface area (Å²) in [5.41, 5.74) is 5.36. The fraction of sp³-hybridized carbons (Fsp3) is 0.200. The normalized spacial score (nSPS) is 20.8. The molecule has 2 atom stereocenters. The van der Waals surface area contributed by atoms with Crippen LogP contribution in [0.2, 0.25) is 0 Å². The van der Waals surface area contributed by atoms with Gasteiger partial charge in [-0.1, -0.05) is 48.5 Å². The van der Waals surface area contributed by atoms with Crippen molar-refractivity contribution in [2.24, 2.45) is 11.8 Å². The number of nitrogens with zero attached hydrogens (tertiary/aromatic N) is 1. The maximum atomic E-state index is 13.9. The zero-order valence-electron chi connectivity index (χ0n) is 24.0. The number of anilines is 2. The molecule has 3 amide bonds. The Morgan fingerprint density at radius 3 is 1.77 bits per heavy atom. The third-order valence-corrected chi connectivity index (χ3v) is 8.82. The average Bonchev–Trinajstić information content (AvgIpc) is 3.33. The van der Waals surface area contributed by atoms with Crippen molar-refractivity contribution >= 4 is 35.1 Å². The minimum atomic E-state index is -0.721. The predicted molar refractivity (Wildman–Crippen MR) is 161 cm³/mol. The summed E-state index contributed by atoms with van der Waals surface area (Å²) in [5, 5.41) is 2.65. The molecule has 3 aliphatic carbocycles. The second kappa shape index (κ2) is 10.7. The molecule has 4 aromatic carbocycles. The molecule has 2 bridgehead atoms. The van der Waals surface area contributed by atoms with Gasteiger partial charge in [0.05, 0.1) is 43.0 Å². The molecule has 9 nitrogen and oxygen atoms in total. The van der Waals surface area contributed by atoms with Crippen molar-refractivity contribution in [1.82, 2.24) is 0 Å². The minimum Gasteiger partial charge on any atom is -0.497 e. The Kier molecular flexibility index (Phi) is 6.65. The number of carbonyl (C=O) groups excluding carboxylic acids is 4. The summed E-state index contributed by atoms with van der Waals surface area (Å²) in [6.45, 7) is -0.530. The number of methoxy groups -OCH3 is 2. The lowest BCUT2D eigenvalue weighted by molar-refractivity contribution is -0.122. The smallest absolute Gasteiger partial charge is 0.338 e. The molecule has 0 saturated carbocycles. The van der Waals surface area contributed by atoms with Gasteiger partial charge in [0.1, 0.15) is 11.5 Å². The van der Waals surface area contributed by atoms with Gasteiger partial charge in [0, 0.05) is 17.9 Å². The molecule has 0 spiro atoms. The molecule has 4 aromatic rings. The van der Waals surface area contributed by atoms with E-state index < -0.39 is 30.3 Å². The summed E-state index contributed by atoms with van der Waals surface area (Å²) in [7, 11) is 2.98. The van der Waals surface area contributed by atoms with Gasteiger partial charge in [-0.05, 0) is 58.7 Å². The first-order valence-corrected chi connectivity index (χ1v) is 14.3. The Hall–Kier alpha value is -5.44. The quantitative estimate of drug-likeness (QED) is 0.242. The van der Waals surface area contributed by atoms with Gasteiger partial charge in [-0.25, -0.2) is 9.69 Å². The van der Waals surface area contributed by atoms with E-state index in [4.69, 9.17) is 14.2 Å². The summed E-state index contributed by atoms with van der Waals surface area (Å²) in [6.07, 6.45) is 0. The highest BCUT2D eigenvalue weighted by Gasteiger charge is 2.61. The maximum absolute atomic E-state index is 13.9. The van der Waals surface area contributed by atoms with E-state index in [1.807, 2.05) is 24.3 Å². The van der Waals surface area contributed by atoms with Gasteiger partial charge in [0.2, 0.25) is 11.8 Å². The highest BCUT2D eigenvalue weighted by atomic mass is 16.5. The zero-order valence-corrected chi connectivity index (χ0v) is 24.0. The first-order valence-electron chi connectivity index (χ1n) is 14.3. The molecule has 1 saturated heterocycles. The largest absolute Gasteiger partial charge is 0.497 e. The van der Waals surface area contributed by atoms with Crippen molar-refractivity contribution in [3.63, 3.8) is 0 Å². The van der Waals surface area contributed by atoms with Gasteiger partial charge in [-0.3, -0.25) is 14.4 Å². The van der Waals surface area contributed by atoms with Crippen LogP contribution in [0.25, 0.3) is 0 Å². The molecule has 220 valence electrons. The highest BCUT2D eigenvalue weighted by molar-refractivity contribution is 6.23. The molecule has 1 N–H and O–H groups in total. The molecular weight excluding hydrogens is 560 g/mol. The van der Waals surface area contributed by atoms with Gasteiger partial charge in [-0.15, -0.1) is 0 Å². The number of esters is 1. The number of ether oxygens (including phenoxy) is 3. The number of hydrogen-bond donors (Lipinski definition) is 1. The Morgan fingerprint density at radius 1 is 0.727 bits per heavy atom. The van der Waals surface area contributed by atoms with Crippen molar-refractivity contribution < 1.29 is 33.4 Å². The molecule has 8 rings (SSSR count). The number of imide groups is 1. The molecule has 0 unspecified atom stereocenters. The Balaban J connectivity index is 1.07. The molecule has 1 heterocycles. The lowest BCUT2D eigenvalue weighted by Crippen LogP contribution is -2.41. The van der Waals surface area contributed by atoms with Crippen LogP contribution in [0, 0.1) is 11.8 Å². The molecule has 0 aromatic heterocycles. The van der Waals surface area contributed by atoms with Crippen molar-refractivity contribution in [3.8, 4) is 11.5 Å². The van der Waals surface area contributed by atoms with E-state index in [0.717, 1.165) is 22.3 Å². The van der Waals surface area contributed by atoms with Gasteiger partial charge < -0.3 is 19.5 Å². The van der Waals surface area contributed by atoms with Crippen molar-refractivity contribution in [2.45, 2.75) is 11.8 Å². The number of nitrogens with one attached hydrogen (secondary N) is 1. The molecule has 0 radical (unpaired) electrons. The van der Waals surface area contributed by atoms with Crippen LogP contribution in [-0.2, 0) is 19.1 Å². The Morgan fingerprint density at radius 2 is 1.27 bits per heavy atom. The summed E-state index contributed by atoms with van der Waals surface area (Å²) in [6, 6.07) is 27.2. The monoisotopic (exact) mass is 588 g/mol. The van der Waals surface area contributed by atoms with Crippen LogP contribution in [0.15, 0.2) is 91.0 Å². The fourth-order valence-corrected chi connectivity index (χ4v) is 6.99. The summed E-state index contributed by atoms with van der Waals surface area (Å²) in [4.78, 5) is 54.4. The third kappa shape index (κ3) is 4.23. The van der Waals surface area contributed by atoms with E-state index in [0.29, 0.717) is 22.9 Å². The standard InChI is InChI=1S/C35H28N2O7/c1-42-21-15-16-27(43-2)26(17-21)36-28(38)18-44-35(41)19-11-13-20(14-12-19)37-33(39)31-29-22-7-3-4-8-23(22)30(32(31)34(37)40)25-10-6-5-9-24(25)29/h3-17,29-32H,18H2,1-2H3,(H,36,38)/t29?,30?,31-,32+. The van der Waals surface area contributed by atoms with E-state index in [1.54, 1.807) is 30.3 Å². The number of amides is 3. The second-order valence-electron chi connectivity index (χ2n) is 11.0. The van der Waals surface area contributed by atoms with Crippen LogP contribution in [0.1, 0.15) is 44.4 Å². The lowest BCUT2D eigenvalue weighted by Gasteiger charge is -2.45. The summed E-state index contributed by atoms with van der Waals surface area (Å²) >= 11 is 0. The number of benzene rings is 4. The molecule has 4 aliphatic rings. The van der Waals surface area contributed by atoms with E-state index in [1.165, 1.54) is 31.3 Å². The van der Waals surface area contributed by atoms with Gasteiger partial charge >= 0.3 is 5.97 Å². The zero-order chi connectivity index (χ0) is 30.5. The van der Waals surface area contributed by atoms with Crippen LogP contribution in [0.5, 0.6) is 11.5 Å².